The van der Waals surface area contributed by atoms with E-state index in [0.29, 0.717) is 10.1 Å². The Morgan fingerprint density at radius 3 is 2.81 bits per heavy atom. The van der Waals surface area contributed by atoms with Crippen LogP contribution in [0, 0.1) is 0 Å². The summed E-state index contributed by atoms with van der Waals surface area (Å²) in [6.45, 7) is 0. The number of fused-ring (bicyclic) bond motifs is 1. The third-order valence-corrected chi connectivity index (χ3v) is 4.52. The Labute approximate surface area is 129 Å². The van der Waals surface area contributed by atoms with Crippen LogP contribution in [0.1, 0.15) is 5.56 Å². The lowest BCUT2D eigenvalue weighted by Gasteiger charge is -2.01. The average molecular weight is 322 g/mol. The number of benzene rings is 1. The number of methoxy groups -OCH3 is 1. The summed E-state index contributed by atoms with van der Waals surface area (Å²) in [6.07, 6.45) is -0.0575. The van der Waals surface area contributed by atoms with Gasteiger partial charge in [-0.1, -0.05) is 23.7 Å². The van der Waals surface area contributed by atoms with E-state index >= 15 is 0 Å². The van der Waals surface area contributed by atoms with Crippen LogP contribution in [0.4, 0.5) is 0 Å². The van der Waals surface area contributed by atoms with Crippen LogP contribution in [0.25, 0.3) is 21.5 Å². The molecule has 6 heteroatoms. The van der Waals surface area contributed by atoms with Gasteiger partial charge in [0.1, 0.15) is 5.75 Å². The van der Waals surface area contributed by atoms with Crippen molar-refractivity contribution in [2.45, 2.75) is 6.42 Å². The lowest BCUT2D eigenvalue weighted by molar-refractivity contribution is -0.136. The molecule has 0 aliphatic rings. The van der Waals surface area contributed by atoms with Gasteiger partial charge >= 0.3 is 5.97 Å². The lowest BCUT2D eigenvalue weighted by atomic mass is 10.1. The number of ether oxygens (including phenoxy) is 1. The maximum absolute atomic E-state index is 11.2. The van der Waals surface area contributed by atoms with Crippen molar-refractivity contribution >= 4 is 39.8 Å². The van der Waals surface area contributed by atoms with Crippen LogP contribution in [-0.4, -0.2) is 23.2 Å². The predicted molar refractivity (Wildman–Crippen MR) is 84.5 cm³/mol. The molecule has 108 valence electrons. The number of nitrogens with one attached hydrogen (secondary N) is 1. The van der Waals surface area contributed by atoms with Gasteiger partial charge in [0.25, 0.3) is 0 Å². The maximum atomic E-state index is 11.2. The number of halogens is 1. The summed E-state index contributed by atoms with van der Waals surface area (Å²) in [5.41, 5.74) is 2.33. The summed E-state index contributed by atoms with van der Waals surface area (Å²) in [7, 11) is 1.59. The maximum Gasteiger partial charge on any atom is 0.307 e. The fourth-order valence-corrected chi connectivity index (χ4v) is 3.48. The molecular weight excluding hydrogens is 310 g/mol. The van der Waals surface area contributed by atoms with E-state index in [1.807, 2.05) is 24.3 Å². The second kappa shape index (κ2) is 5.42. The molecule has 3 rings (SSSR count). The van der Waals surface area contributed by atoms with Crippen LogP contribution >= 0.6 is 22.9 Å². The highest BCUT2D eigenvalue weighted by Crippen LogP contribution is 2.38. The van der Waals surface area contributed by atoms with Gasteiger partial charge in [-0.3, -0.25) is 4.79 Å². The van der Waals surface area contributed by atoms with E-state index in [0.717, 1.165) is 27.0 Å². The zero-order valence-electron chi connectivity index (χ0n) is 11.1. The second-order valence-corrected chi connectivity index (χ2v) is 6.25. The molecule has 0 spiro atoms. The minimum atomic E-state index is -0.873. The number of rotatable bonds is 4. The molecule has 0 unspecified atom stereocenters. The van der Waals surface area contributed by atoms with Gasteiger partial charge in [0, 0.05) is 5.39 Å². The number of H-pyrrole nitrogens is 1. The minimum absolute atomic E-state index is 0.0575. The molecule has 0 amide bonds. The zero-order chi connectivity index (χ0) is 15.0. The molecule has 3 aromatic rings. The first kappa shape index (κ1) is 14.0. The van der Waals surface area contributed by atoms with Crippen LogP contribution in [0.15, 0.2) is 30.3 Å². The second-order valence-electron chi connectivity index (χ2n) is 4.54. The van der Waals surface area contributed by atoms with Crippen LogP contribution in [0.3, 0.4) is 0 Å². The van der Waals surface area contributed by atoms with E-state index in [9.17, 15) is 9.90 Å². The van der Waals surface area contributed by atoms with Gasteiger partial charge in [0.05, 0.1) is 34.0 Å². The van der Waals surface area contributed by atoms with Gasteiger partial charge in [-0.2, -0.15) is 0 Å². The lowest BCUT2D eigenvalue weighted by Crippen LogP contribution is -2.00. The molecule has 2 N–H and O–H groups in total. The number of aromatic nitrogens is 1. The van der Waals surface area contributed by atoms with Crippen molar-refractivity contribution in [3.05, 3.63) is 40.2 Å². The number of hydrogen-bond donors (Lipinski definition) is 2. The average Bonchev–Trinajstić information content (AvgIpc) is 3.02. The van der Waals surface area contributed by atoms with Gasteiger partial charge in [-0.15, -0.1) is 11.3 Å². The molecule has 0 saturated carbocycles. The fourth-order valence-electron chi connectivity index (χ4n) is 2.41. The molecule has 2 aromatic heterocycles. The highest BCUT2D eigenvalue weighted by Gasteiger charge is 2.18. The molecule has 0 bridgehead atoms. The molecule has 4 nitrogen and oxygen atoms in total. The minimum Gasteiger partial charge on any atom is -0.495 e. The van der Waals surface area contributed by atoms with Crippen molar-refractivity contribution in [2.75, 3.05) is 7.11 Å². The van der Waals surface area contributed by atoms with Crippen LogP contribution in [0.2, 0.25) is 4.34 Å². The van der Waals surface area contributed by atoms with Crippen molar-refractivity contribution < 1.29 is 14.6 Å². The third kappa shape index (κ3) is 2.50. The Morgan fingerprint density at radius 2 is 2.19 bits per heavy atom. The Balaban J connectivity index is 2.29. The molecule has 2 heterocycles. The topological polar surface area (TPSA) is 62.3 Å². The standard InChI is InChI=1S/C15H12ClNO3S/c1-20-10-4-2-3-8-9(7-13(18)19)15(17-14(8)10)11-5-6-12(16)21-11/h2-6,17H,7H2,1H3,(H,18,19). The van der Waals surface area contributed by atoms with E-state index < -0.39 is 5.97 Å². The predicted octanol–water partition coefficient (Wildman–Crippen LogP) is 4.19. The summed E-state index contributed by atoms with van der Waals surface area (Å²) >= 11 is 7.40. The van der Waals surface area contributed by atoms with E-state index in [1.165, 1.54) is 11.3 Å². The van der Waals surface area contributed by atoms with Gasteiger partial charge in [0.2, 0.25) is 0 Å². The van der Waals surface area contributed by atoms with Gasteiger partial charge in [-0.25, -0.2) is 0 Å². The third-order valence-electron chi connectivity index (χ3n) is 3.27. The molecule has 21 heavy (non-hydrogen) atoms. The number of carboxylic acids is 1. The Kier molecular flexibility index (Phi) is 3.61. The first-order chi connectivity index (χ1) is 10.1. The molecular formula is C15H12ClNO3S. The van der Waals surface area contributed by atoms with E-state index in [-0.39, 0.29) is 6.42 Å². The zero-order valence-corrected chi connectivity index (χ0v) is 12.7. The number of carboxylic acid groups (broad SMARTS) is 1. The van der Waals surface area contributed by atoms with Gasteiger partial charge in [0.15, 0.2) is 0 Å². The number of hydrogen-bond acceptors (Lipinski definition) is 3. The van der Waals surface area contributed by atoms with Crippen molar-refractivity contribution in [1.82, 2.24) is 4.98 Å². The molecule has 1 aromatic carbocycles. The molecule has 0 saturated heterocycles. The largest absolute Gasteiger partial charge is 0.495 e. The smallest absolute Gasteiger partial charge is 0.307 e. The highest BCUT2D eigenvalue weighted by atomic mass is 35.5. The first-order valence-electron chi connectivity index (χ1n) is 6.25. The molecule has 0 aliphatic carbocycles. The molecule has 0 aliphatic heterocycles. The molecule has 0 atom stereocenters. The highest BCUT2D eigenvalue weighted by molar-refractivity contribution is 7.19. The summed E-state index contributed by atoms with van der Waals surface area (Å²) in [4.78, 5) is 15.4. The number of para-hydroxylation sites is 1. The SMILES string of the molecule is COc1cccc2c(CC(=O)O)c(-c3ccc(Cl)s3)[nH]c12. The number of thiophene rings is 1. The van der Waals surface area contributed by atoms with Crippen LogP contribution in [-0.2, 0) is 11.2 Å². The van der Waals surface area contributed by atoms with Crippen molar-refractivity contribution in [3.63, 3.8) is 0 Å². The Bertz CT molecular complexity index is 822. The van der Waals surface area contributed by atoms with Crippen LogP contribution < -0.4 is 4.74 Å². The van der Waals surface area contributed by atoms with E-state index in [2.05, 4.69) is 4.98 Å². The number of carbonyl (C=O) groups is 1. The number of aromatic amines is 1. The van der Waals surface area contributed by atoms with Gasteiger partial charge in [-0.05, 0) is 23.8 Å². The normalized spacial score (nSPS) is 11.0. The summed E-state index contributed by atoms with van der Waals surface area (Å²) < 4.78 is 6.00. The van der Waals surface area contributed by atoms with Gasteiger partial charge < -0.3 is 14.8 Å². The Morgan fingerprint density at radius 1 is 1.38 bits per heavy atom. The quantitative estimate of drug-likeness (QED) is 0.757. The van der Waals surface area contributed by atoms with Crippen molar-refractivity contribution in [2.24, 2.45) is 0 Å². The monoisotopic (exact) mass is 321 g/mol. The van der Waals surface area contributed by atoms with E-state index in [1.54, 1.807) is 13.2 Å². The molecule has 0 fully saturated rings. The summed E-state index contributed by atoms with van der Waals surface area (Å²) in [5.74, 6) is -0.185. The van der Waals surface area contributed by atoms with E-state index in [4.69, 9.17) is 16.3 Å². The summed E-state index contributed by atoms with van der Waals surface area (Å²) in [5, 5.41) is 10.0. The number of aliphatic carboxylic acids is 1. The van der Waals surface area contributed by atoms with Crippen molar-refractivity contribution in [1.29, 1.82) is 0 Å². The molecule has 0 radical (unpaired) electrons. The van der Waals surface area contributed by atoms with Crippen LogP contribution in [0.5, 0.6) is 5.75 Å². The summed E-state index contributed by atoms with van der Waals surface area (Å²) in [6, 6.07) is 9.27. The fraction of sp³-hybridized carbons (Fsp3) is 0.133. The first-order valence-corrected chi connectivity index (χ1v) is 7.44. The Hall–Kier alpha value is -1.98. The van der Waals surface area contributed by atoms with Crippen molar-refractivity contribution in [3.8, 4) is 16.3 Å².